The second-order valence-corrected chi connectivity index (χ2v) is 7.87. The molecule has 152 valence electrons. The first-order chi connectivity index (χ1) is 14.1. The molecule has 6 nitrogen and oxygen atoms in total. The topological polar surface area (TPSA) is 64.3 Å². The predicted octanol–water partition coefficient (Wildman–Crippen LogP) is 3.09. The predicted molar refractivity (Wildman–Crippen MR) is 118 cm³/mol. The number of carbonyl (C=O) groups excluding carboxylic acids is 1. The number of pyridine rings is 1. The molecule has 3 aromatic rings. The zero-order valence-corrected chi connectivity index (χ0v) is 17.3. The van der Waals surface area contributed by atoms with Gasteiger partial charge in [-0.1, -0.05) is 29.8 Å². The summed E-state index contributed by atoms with van der Waals surface area (Å²) in [7, 11) is 0. The summed E-state index contributed by atoms with van der Waals surface area (Å²) in [6, 6.07) is 11.9. The Morgan fingerprint density at radius 1 is 1.21 bits per heavy atom. The molecule has 0 radical (unpaired) electrons. The van der Waals surface area contributed by atoms with Gasteiger partial charge in [-0.3, -0.25) is 9.69 Å². The number of aromatic nitrogens is 2. The minimum Gasteiger partial charge on any atom is -0.361 e. The van der Waals surface area contributed by atoms with Crippen molar-refractivity contribution in [1.29, 1.82) is 0 Å². The molecule has 1 aliphatic heterocycles. The van der Waals surface area contributed by atoms with Crippen molar-refractivity contribution < 1.29 is 4.79 Å². The average molecular weight is 412 g/mol. The smallest absolute Gasteiger partial charge is 0.237 e. The fourth-order valence-electron chi connectivity index (χ4n) is 3.87. The molecule has 29 heavy (non-hydrogen) atoms. The van der Waals surface area contributed by atoms with E-state index >= 15 is 0 Å². The van der Waals surface area contributed by atoms with Crippen LogP contribution >= 0.6 is 11.6 Å². The van der Waals surface area contributed by atoms with Crippen LogP contribution in [0.2, 0.25) is 5.02 Å². The van der Waals surface area contributed by atoms with Crippen LogP contribution in [-0.2, 0) is 11.2 Å². The van der Waals surface area contributed by atoms with Crippen LogP contribution in [0.4, 0.5) is 5.82 Å². The summed E-state index contributed by atoms with van der Waals surface area (Å²) >= 11 is 5.92. The molecule has 1 fully saturated rings. The highest BCUT2D eigenvalue weighted by molar-refractivity contribution is 6.30. The number of hydrogen-bond acceptors (Lipinski definition) is 4. The third kappa shape index (κ3) is 4.54. The molecule has 1 amide bonds. The molecule has 0 spiro atoms. The number of benzene rings is 1. The Bertz CT molecular complexity index is 963. The van der Waals surface area contributed by atoms with E-state index in [0.717, 1.165) is 43.9 Å². The van der Waals surface area contributed by atoms with Crippen LogP contribution in [0.3, 0.4) is 0 Å². The van der Waals surface area contributed by atoms with Crippen molar-refractivity contribution >= 4 is 34.2 Å². The first-order valence-electron chi connectivity index (χ1n) is 10.0. The molecule has 0 saturated carbocycles. The number of carbonyl (C=O) groups is 1. The number of H-pyrrole nitrogens is 1. The number of halogens is 1. The standard InChI is InChI=1S/C22H26ClN5O/c1-16(27-10-12-28(13-11-27)21-7-6-18(23)15-26-21)22(29)24-9-8-17-14-25-20-5-3-2-4-19(17)20/h2-7,14-16,25H,8-13H2,1H3,(H,24,29). The van der Waals surface area contributed by atoms with Crippen LogP contribution < -0.4 is 10.2 Å². The summed E-state index contributed by atoms with van der Waals surface area (Å²) in [6.45, 7) is 5.99. The molecule has 1 aromatic carbocycles. The number of nitrogens with one attached hydrogen (secondary N) is 2. The van der Waals surface area contributed by atoms with Gasteiger partial charge in [0.25, 0.3) is 0 Å². The van der Waals surface area contributed by atoms with Crippen LogP contribution in [0.1, 0.15) is 12.5 Å². The summed E-state index contributed by atoms with van der Waals surface area (Å²) in [6.07, 6.45) is 4.52. The highest BCUT2D eigenvalue weighted by atomic mass is 35.5. The van der Waals surface area contributed by atoms with Crippen molar-refractivity contribution in [2.75, 3.05) is 37.6 Å². The zero-order chi connectivity index (χ0) is 20.2. The summed E-state index contributed by atoms with van der Waals surface area (Å²) in [5.41, 5.74) is 2.37. The van der Waals surface area contributed by atoms with Crippen molar-refractivity contribution in [2.24, 2.45) is 0 Å². The number of aromatic amines is 1. The van der Waals surface area contributed by atoms with Gasteiger partial charge in [-0.2, -0.15) is 0 Å². The first-order valence-corrected chi connectivity index (χ1v) is 10.4. The normalized spacial score (nSPS) is 16.1. The maximum atomic E-state index is 12.6. The van der Waals surface area contributed by atoms with Crippen LogP contribution in [-0.4, -0.2) is 59.5 Å². The highest BCUT2D eigenvalue weighted by Crippen LogP contribution is 2.18. The molecule has 3 heterocycles. The fraction of sp³-hybridized carbons (Fsp3) is 0.364. The van der Waals surface area contributed by atoms with E-state index in [-0.39, 0.29) is 11.9 Å². The van der Waals surface area contributed by atoms with Gasteiger partial charge in [0.2, 0.25) is 5.91 Å². The molecule has 4 rings (SSSR count). The molecule has 1 atom stereocenters. The van der Waals surface area contributed by atoms with Gasteiger partial charge in [-0.25, -0.2) is 4.98 Å². The Labute approximate surface area is 175 Å². The van der Waals surface area contributed by atoms with Gasteiger partial charge in [0.05, 0.1) is 11.1 Å². The molecule has 1 aliphatic rings. The van der Waals surface area contributed by atoms with Crippen LogP contribution in [0.5, 0.6) is 0 Å². The van der Waals surface area contributed by atoms with Gasteiger partial charge >= 0.3 is 0 Å². The van der Waals surface area contributed by atoms with Crippen molar-refractivity contribution in [3.8, 4) is 0 Å². The molecular weight excluding hydrogens is 386 g/mol. The minimum atomic E-state index is -0.140. The molecule has 0 aliphatic carbocycles. The lowest BCUT2D eigenvalue weighted by Gasteiger charge is -2.38. The molecule has 7 heteroatoms. The fourth-order valence-corrected chi connectivity index (χ4v) is 3.98. The monoisotopic (exact) mass is 411 g/mol. The maximum absolute atomic E-state index is 12.6. The molecule has 2 aromatic heterocycles. The number of nitrogens with zero attached hydrogens (tertiary/aromatic N) is 3. The zero-order valence-electron chi connectivity index (χ0n) is 16.6. The van der Waals surface area contributed by atoms with Crippen LogP contribution in [0.15, 0.2) is 48.8 Å². The van der Waals surface area contributed by atoms with Gasteiger partial charge in [0, 0.05) is 56.0 Å². The Kier molecular flexibility index (Phi) is 6.02. The molecule has 1 saturated heterocycles. The van der Waals surface area contributed by atoms with E-state index in [1.807, 2.05) is 37.4 Å². The lowest BCUT2D eigenvalue weighted by molar-refractivity contribution is -0.125. The summed E-state index contributed by atoms with van der Waals surface area (Å²) in [5, 5.41) is 4.96. The molecule has 0 bridgehead atoms. The first kappa shape index (κ1) is 19.7. The van der Waals surface area contributed by atoms with Gasteiger partial charge in [-0.15, -0.1) is 0 Å². The van der Waals surface area contributed by atoms with Crippen LogP contribution in [0.25, 0.3) is 10.9 Å². The number of rotatable bonds is 6. The van der Waals surface area contributed by atoms with Gasteiger partial charge in [-0.05, 0) is 37.1 Å². The lowest BCUT2D eigenvalue weighted by Crippen LogP contribution is -2.54. The van der Waals surface area contributed by atoms with E-state index in [4.69, 9.17) is 11.6 Å². The molecular formula is C22H26ClN5O. The van der Waals surface area contributed by atoms with Gasteiger partial charge in [0.15, 0.2) is 0 Å². The van der Waals surface area contributed by atoms with Crippen molar-refractivity contribution in [3.05, 3.63) is 59.4 Å². The average Bonchev–Trinajstić information content (AvgIpc) is 3.17. The van der Waals surface area contributed by atoms with E-state index in [2.05, 4.69) is 37.2 Å². The molecule has 1 unspecified atom stereocenters. The van der Waals surface area contributed by atoms with Gasteiger partial charge < -0.3 is 15.2 Å². The summed E-state index contributed by atoms with van der Waals surface area (Å²) in [5.74, 6) is 1.02. The summed E-state index contributed by atoms with van der Waals surface area (Å²) < 4.78 is 0. The maximum Gasteiger partial charge on any atom is 0.237 e. The molecule has 2 N–H and O–H groups in total. The number of hydrogen-bond donors (Lipinski definition) is 2. The Morgan fingerprint density at radius 2 is 2.00 bits per heavy atom. The van der Waals surface area contributed by atoms with Crippen molar-refractivity contribution in [1.82, 2.24) is 20.2 Å². The third-order valence-corrected chi connectivity index (χ3v) is 5.87. The quantitative estimate of drug-likeness (QED) is 0.654. The minimum absolute atomic E-state index is 0.0860. The van der Waals surface area contributed by atoms with Gasteiger partial charge in [0.1, 0.15) is 5.82 Å². The van der Waals surface area contributed by atoms with Crippen LogP contribution in [0, 0.1) is 0 Å². The van der Waals surface area contributed by atoms with E-state index in [0.29, 0.717) is 11.6 Å². The second kappa shape index (κ2) is 8.84. The second-order valence-electron chi connectivity index (χ2n) is 7.43. The van der Waals surface area contributed by atoms with E-state index in [1.54, 1.807) is 6.20 Å². The SMILES string of the molecule is CC(C(=O)NCCc1c[nH]c2ccccc12)N1CCN(c2ccc(Cl)cn2)CC1. The third-order valence-electron chi connectivity index (χ3n) is 5.65. The Hall–Kier alpha value is -2.57. The largest absolute Gasteiger partial charge is 0.361 e. The van der Waals surface area contributed by atoms with E-state index in [1.165, 1.54) is 10.9 Å². The number of anilines is 1. The Balaban J connectivity index is 1.25. The Morgan fingerprint density at radius 3 is 2.76 bits per heavy atom. The number of amides is 1. The lowest BCUT2D eigenvalue weighted by atomic mass is 10.1. The number of para-hydroxylation sites is 1. The summed E-state index contributed by atoms with van der Waals surface area (Å²) in [4.78, 5) is 24.8. The number of fused-ring (bicyclic) bond motifs is 1. The number of piperazine rings is 1. The highest BCUT2D eigenvalue weighted by Gasteiger charge is 2.25. The van der Waals surface area contributed by atoms with Crippen molar-refractivity contribution in [3.63, 3.8) is 0 Å². The van der Waals surface area contributed by atoms with Crippen molar-refractivity contribution in [2.45, 2.75) is 19.4 Å². The van der Waals surface area contributed by atoms with E-state index < -0.39 is 0 Å². The van der Waals surface area contributed by atoms with E-state index in [9.17, 15) is 4.79 Å².